The third-order valence-electron chi connectivity index (χ3n) is 3.14. The lowest BCUT2D eigenvalue weighted by atomic mass is 10.1. The van der Waals surface area contributed by atoms with Crippen molar-refractivity contribution in [2.24, 2.45) is 5.92 Å². The highest BCUT2D eigenvalue weighted by molar-refractivity contribution is 5.85. The number of halogens is 1. The minimum absolute atomic E-state index is 0. The Morgan fingerprint density at radius 2 is 1.82 bits per heavy atom. The molecule has 1 heterocycles. The van der Waals surface area contributed by atoms with E-state index < -0.39 is 0 Å². The van der Waals surface area contributed by atoms with Gasteiger partial charge < -0.3 is 4.90 Å². The molecule has 2 aromatic rings. The van der Waals surface area contributed by atoms with E-state index in [-0.39, 0.29) is 18.0 Å². The van der Waals surface area contributed by atoms with Gasteiger partial charge in [0.25, 0.3) is 5.56 Å². The third kappa shape index (κ3) is 4.68. The zero-order valence-electron chi connectivity index (χ0n) is 13.6. The largest absolute Gasteiger partial charge is 0.305 e. The lowest BCUT2D eigenvalue weighted by molar-refractivity contribution is 0.392. The van der Waals surface area contributed by atoms with Gasteiger partial charge in [0, 0.05) is 24.2 Å². The summed E-state index contributed by atoms with van der Waals surface area (Å²) in [6, 6.07) is 11.9. The van der Waals surface area contributed by atoms with Crippen molar-refractivity contribution >= 4 is 12.4 Å². The quantitative estimate of drug-likeness (QED) is 0.849. The summed E-state index contributed by atoms with van der Waals surface area (Å²) >= 11 is 0. The first kappa shape index (κ1) is 18.4. The maximum Gasteiger partial charge on any atom is 0.271 e. The summed E-state index contributed by atoms with van der Waals surface area (Å²) in [7, 11) is 3.93. The highest BCUT2D eigenvalue weighted by Gasteiger charge is 2.11. The minimum Gasteiger partial charge on any atom is -0.305 e. The van der Waals surface area contributed by atoms with Crippen LogP contribution in [0.15, 0.2) is 41.2 Å². The van der Waals surface area contributed by atoms with Crippen molar-refractivity contribution in [2.45, 2.75) is 26.9 Å². The molecule has 0 spiro atoms. The lowest BCUT2D eigenvalue weighted by Gasteiger charge is -2.14. The standard InChI is InChI=1S/C17H23N3O.ClH/c1-13(2)11-20-17(21)15(12-19(3)4)10-16(18-20)14-8-6-5-7-9-14;/h5-10,13H,11-12H2,1-4H3;1H. The van der Waals surface area contributed by atoms with Gasteiger partial charge in [-0.15, -0.1) is 12.4 Å². The molecule has 120 valence electrons. The molecule has 0 bridgehead atoms. The molecular weight excluding hydrogens is 298 g/mol. The van der Waals surface area contributed by atoms with Gasteiger partial charge in [-0.2, -0.15) is 5.10 Å². The van der Waals surface area contributed by atoms with Crippen LogP contribution >= 0.6 is 12.4 Å². The number of nitrogens with zero attached hydrogens (tertiary/aromatic N) is 3. The molecule has 0 aliphatic carbocycles. The minimum atomic E-state index is 0. The molecule has 0 aliphatic heterocycles. The van der Waals surface area contributed by atoms with Crippen molar-refractivity contribution < 1.29 is 0 Å². The van der Waals surface area contributed by atoms with Crippen LogP contribution in [0, 0.1) is 5.92 Å². The molecule has 2 rings (SSSR count). The molecule has 0 radical (unpaired) electrons. The molecular formula is C17H24ClN3O. The first-order valence-corrected chi connectivity index (χ1v) is 7.28. The molecule has 0 unspecified atom stereocenters. The zero-order valence-corrected chi connectivity index (χ0v) is 14.4. The molecule has 0 N–H and O–H groups in total. The van der Waals surface area contributed by atoms with Crippen molar-refractivity contribution in [3.8, 4) is 11.3 Å². The Hall–Kier alpha value is -1.65. The summed E-state index contributed by atoms with van der Waals surface area (Å²) < 4.78 is 1.60. The van der Waals surface area contributed by atoms with Crippen LogP contribution in [0.3, 0.4) is 0 Å². The van der Waals surface area contributed by atoms with Gasteiger partial charge in [-0.25, -0.2) is 4.68 Å². The normalized spacial score (nSPS) is 10.8. The molecule has 0 fully saturated rings. The van der Waals surface area contributed by atoms with Crippen LogP contribution in [0.2, 0.25) is 0 Å². The Labute approximate surface area is 138 Å². The highest BCUT2D eigenvalue weighted by Crippen LogP contribution is 2.16. The van der Waals surface area contributed by atoms with Gasteiger partial charge in [0.1, 0.15) is 0 Å². The summed E-state index contributed by atoms with van der Waals surface area (Å²) in [4.78, 5) is 14.5. The second-order valence-electron chi connectivity index (χ2n) is 6.04. The van der Waals surface area contributed by atoms with E-state index in [1.54, 1.807) is 4.68 Å². The smallest absolute Gasteiger partial charge is 0.271 e. The molecule has 0 saturated carbocycles. The van der Waals surface area contributed by atoms with E-state index >= 15 is 0 Å². The van der Waals surface area contributed by atoms with Crippen molar-refractivity contribution in [2.75, 3.05) is 14.1 Å². The van der Waals surface area contributed by atoms with Crippen molar-refractivity contribution in [1.82, 2.24) is 14.7 Å². The second kappa shape index (κ2) is 8.11. The first-order valence-electron chi connectivity index (χ1n) is 7.28. The summed E-state index contributed by atoms with van der Waals surface area (Å²) in [6.07, 6.45) is 0. The van der Waals surface area contributed by atoms with E-state index in [2.05, 4.69) is 18.9 Å². The average Bonchev–Trinajstić information content (AvgIpc) is 2.43. The van der Waals surface area contributed by atoms with Crippen molar-refractivity contribution in [3.63, 3.8) is 0 Å². The van der Waals surface area contributed by atoms with E-state index in [0.29, 0.717) is 19.0 Å². The molecule has 22 heavy (non-hydrogen) atoms. The van der Waals surface area contributed by atoms with E-state index in [1.165, 1.54) is 0 Å². The fourth-order valence-electron chi connectivity index (χ4n) is 2.27. The Balaban J connectivity index is 0.00000242. The van der Waals surface area contributed by atoms with Gasteiger partial charge in [0.05, 0.1) is 5.69 Å². The summed E-state index contributed by atoms with van der Waals surface area (Å²) in [5.74, 6) is 0.383. The summed E-state index contributed by atoms with van der Waals surface area (Å²) in [6.45, 7) is 5.45. The molecule has 0 amide bonds. The van der Waals surface area contributed by atoms with Gasteiger partial charge in [-0.1, -0.05) is 44.2 Å². The van der Waals surface area contributed by atoms with Crippen molar-refractivity contribution in [3.05, 3.63) is 52.3 Å². The molecule has 0 saturated heterocycles. The van der Waals surface area contributed by atoms with E-state index in [9.17, 15) is 4.79 Å². The van der Waals surface area contributed by atoms with Gasteiger partial charge in [0.2, 0.25) is 0 Å². The predicted octanol–water partition coefficient (Wildman–Crippen LogP) is 3.05. The maximum atomic E-state index is 12.5. The molecule has 5 heteroatoms. The van der Waals surface area contributed by atoms with Crippen LogP contribution < -0.4 is 5.56 Å². The molecule has 1 aromatic heterocycles. The van der Waals surface area contributed by atoms with Crippen LogP contribution in [0.4, 0.5) is 0 Å². The van der Waals surface area contributed by atoms with E-state index in [1.807, 2.05) is 55.4 Å². The fourth-order valence-corrected chi connectivity index (χ4v) is 2.27. The van der Waals surface area contributed by atoms with Crippen LogP contribution in [-0.2, 0) is 13.1 Å². The maximum absolute atomic E-state index is 12.5. The first-order chi connectivity index (χ1) is 9.97. The third-order valence-corrected chi connectivity index (χ3v) is 3.14. The average molecular weight is 322 g/mol. The predicted molar refractivity (Wildman–Crippen MR) is 93.4 cm³/mol. The van der Waals surface area contributed by atoms with Gasteiger partial charge in [-0.3, -0.25) is 4.79 Å². The SMILES string of the molecule is CC(C)Cn1nc(-c2ccccc2)cc(CN(C)C)c1=O.Cl. The zero-order chi connectivity index (χ0) is 15.4. The highest BCUT2D eigenvalue weighted by atomic mass is 35.5. The molecule has 4 nitrogen and oxygen atoms in total. The summed E-state index contributed by atoms with van der Waals surface area (Å²) in [5, 5.41) is 4.54. The van der Waals surface area contributed by atoms with Gasteiger partial charge in [0.15, 0.2) is 0 Å². The summed E-state index contributed by atoms with van der Waals surface area (Å²) in [5.41, 5.74) is 2.69. The Morgan fingerprint density at radius 3 is 2.36 bits per heavy atom. The van der Waals surface area contributed by atoms with Gasteiger partial charge >= 0.3 is 0 Å². The Bertz CT molecular complexity index is 616. The van der Waals surface area contributed by atoms with Crippen LogP contribution in [0.25, 0.3) is 11.3 Å². The number of hydrogen-bond acceptors (Lipinski definition) is 3. The molecule has 0 atom stereocenters. The number of rotatable bonds is 5. The topological polar surface area (TPSA) is 38.1 Å². The van der Waals surface area contributed by atoms with E-state index in [0.717, 1.165) is 16.8 Å². The number of aromatic nitrogens is 2. The van der Waals surface area contributed by atoms with Crippen molar-refractivity contribution in [1.29, 1.82) is 0 Å². The molecule has 0 aliphatic rings. The number of hydrogen-bond donors (Lipinski definition) is 0. The van der Waals surface area contributed by atoms with E-state index in [4.69, 9.17) is 0 Å². The second-order valence-corrected chi connectivity index (χ2v) is 6.04. The monoisotopic (exact) mass is 321 g/mol. The van der Waals surface area contributed by atoms with Crippen LogP contribution in [0.5, 0.6) is 0 Å². The fraction of sp³-hybridized carbons (Fsp3) is 0.412. The van der Waals surface area contributed by atoms with Gasteiger partial charge in [-0.05, 0) is 26.1 Å². The molecule has 1 aromatic carbocycles. The Morgan fingerprint density at radius 1 is 1.18 bits per heavy atom. The Kier molecular flexibility index (Phi) is 6.78. The number of benzene rings is 1. The lowest BCUT2D eigenvalue weighted by Crippen LogP contribution is -2.30. The van der Waals surface area contributed by atoms with Crippen LogP contribution in [0.1, 0.15) is 19.4 Å². The van der Waals surface area contributed by atoms with Crippen LogP contribution in [-0.4, -0.2) is 28.8 Å².